The van der Waals surface area contributed by atoms with Crippen LogP contribution in [-0.2, 0) is 13.1 Å². The lowest BCUT2D eigenvalue weighted by atomic mass is 10.4. The lowest BCUT2D eigenvalue weighted by molar-refractivity contribution is 0.653. The molecule has 3 nitrogen and oxygen atoms in total. The number of thioether (sulfide) groups is 1. The van der Waals surface area contributed by atoms with Gasteiger partial charge in [0.15, 0.2) is 0 Å². The summed E-state index contributed by atoms with van der Waals surface area (Å²) in [5.74, 6) is 1.10. The van der Waals surface area contributed by atoms with Crippen LogP contribution in [0.2, 0.25) is 0 Å². The number of aryl methyl sites for hydroxylation is 1. The fourth-order valence-electron chi connectivity index (χ4n) is 0.822. The summed E-state index contributed by atoms with van der Waals surface area (Å²) in [6, 6.07) is 1.96. The Labute approximate surface area is 71.0 Å². The molecule has 11 heavy (non-hydrogen) atoms. The Kier molecular flexibility index (Phi) is 3.45. The summed E-state index contributed by atoms with van der Waals surface area (Å²) in [6.45, 7) is 1.51. The zero-order chi connectivity index (χ0) is 8.10. The second-order valence-corrected chi connectivity index (χ2v) is 3.25. The minimum atomic E-state index is 0.534. The van der Waals surface area contributed by atoms with E-state index in [0.717, 1.165) is 18.0 Å². The zero-order valence-electron chi connectivity index (χ0n) is 6.66. The Morgan fingerprint density at radius 3 is 3.09 bits per heavy atom. The number of rotatable bonds is 4. The van der Waals surface area contributed by atoms with E-state index in [1.165, 1.54) is 0 Å². The summed E-state index contributed by atoms with van der Waals surface area (Å²) in [4.78, 5) is 0. The van der Waals surface area contributed by atoms with Crippen molar-refractivity contribution in [3.8, 4) is 0 Å². The Hall–Kier alpha value is -0.480. The zero-order valence-corrected chi connectivity index (χ0v) is 7.47. The molecule has 0 saturated carbocycles. The molecule has 0 aliphatic carbocycles. The molecule has 1 aromatic heterocycles. The molecule has 0 saturated heterocycles. The van der Waals surface area contributed by atoms with E-state index in [0.29, 0.717) is 6.54 Å². The van der Waals surface area contributed by atoms with Crippen molar-refractivity contribution in [2.45, 2.75) is 13.1 Å². The molecule has 4 heteroatoms. The minimum absolute atomic E-state index is 0.534. The second kappa shape index (κ2) is 4.41. The van der Waals surface area contributed by atoms with Crippen LogP contribution in [0, 0.1) is 0 Å². The van der Waals surface area contributed by atoms with Gasteiger partial charge in [-0.2, -0.15) is 16.9 Å². The molecule has 0 amide bonds. The van der Waals surface area contributed by atoms with Crippen LogP contribution in [0.25, 0.3) is 0 Å². The van der Waals surface area contributed by atoms with Gasteiger partial charge in [-0.15, -0.1) is 0 Å². The monoisotopic (exact) mass is 171 g/mol. The summed E-state index contributed by atoms with van der Waals surface area (Å²) in [7, 11) is 0. The maximum absolute atomic E-state index is 5.41. The highest BCUT2D eigenvalue weighted by Gasteiger charge is 1.94. The van der Waals surface area contributed by atoms with Crippen LogP contribution < -0.4 is 5.73 Å². The Morgan fingerprint density at radius 1 is 1.73 bits per heavy atom. The van der Waals surface area contributed by atoms with E-state index in [1.54, 1.807) is 0 Å². The van der Waals surface area contributed by atoms with Gasteiger partial charge in [0.05, 0.1) is 5.69 Å². The van der Waals surface area contributed by atoms with Gasteiger partial charge >= 0.3 is 0 Å². The van der Waals surface area contributed by atoms with Crippen molar-refractivity contribution in [3.05, 3.63) is 18.0 Å². The van der Waals surface area contributed by atoms with Crippen molar-refractivity contribution in [2.75, 3.05) is 12.0 Å². The number of hydrogen-bond acceptors (Lipinski definition) is 3. The molecule has 0 atom stereocenters. The molecule has 1 aromatic rings. The summed E-state index contributed by atoms with van der Waals surface area (Å²) < 4.78 is 1.93. The SMILES string of the molecule is CSCCn1ccc(CN)n1. The molecular weight excluding hydrogens is 158 g/mol. The number of nitrogens with two attached hydrogens (primary N) is 1. The third kappa shape index (κ3) is 2.55. The molecule has 0 aliphatic heterocycles. The molecular formula is C7H13N3S. The smallest absolute Gasteiger partial charge is 0.0760 e. The average molecular weight is 171 g/mol. The van der Waals surface area contributed by atoms with Crippen molar-refractivity contribution < 1.29 is 0 Å². The fourth-order valence-corrected chi connectivity index (χ4v) is 1.19. The standard InChI is InChI=1S/C7H13N3S/c1-11-5-4-10-3-2-7(6-8)9-10/h2-3H,4-6,8H2,1H3. The average Bonchev–Trinajstić information content (AvgIpc) is 2.48. The molecule has 0 bridgehead atoms. The van der Waals surface area contributed by atoms with Gasteiger partial charge in [0.1, 0.15) is 0 Å². The summed E-state index contributed by atoms with van der Waals surface area (Å²) in [6.07, 6.45) is 4.06. The van der Waals surface area contributed by atoms with Gasteiger partial charge in [-0.05, 0) is 12.3 Å². The Bertz CT molecular complexity index is 209. The highest BCUT2D eigenvalue weighted by atomic mass is 32.2. The van der Waals surface area contributed by atoms with Crippen molar-refractivity contribution in [3.63, 3.8) is 0 Å². The third-order valence-electron chi connectivity index (χ3n) is 1.43. The largest absolute Gasteiger partial charge is 0.325 e. The van der Waals surface area contributed by atoms with Crippen molar-refractivity contribution in [2.24, 2.45) is 5.73 Å². The molecule has 0 fully saturated rings. The van der Waals surface area contributed by atoms with Gasteiger partial charge in [-0.25, -0.2) is 0 Å². The first-order chi connectivity index (χ1) is 5.36. The third-order valence-corrected chi connectivity index (χ3v) is 2.02. The van der Waals surface area contributed by atoms with E-state index in [4.69, 9.17) is 5.73 Å². The maximum Gasteiger partial charge on any atom is 0.0760 e. The lowest BCUT2D eigenvalue weighted by Gasteiger charge is -1.97. The van der Waals surface area contributed by atoms with Gasteiger partial charge in [-0.3, -0.25) is 4.68 Å². The van der Waals surface area contributed by atoms with Gasteiger partial charge < -0.3 is 5.73 Å². The summed E-state index contributed by atoms with van der Waals surface area (Å²) in [5, 5.41) is 4.24. The van der Waals surface area contributed by atoms with Gasteiger partial charge in [0.2, 0.25) is 0 Å². The van der Waals surface area contributed by atoms with Crippen LogP contribution >= 0.6 is 11.8 Å². The Balaban J connectivity index is 2.44. The highest BCUT2D eigenvalue weighted by molar-refractivity contribution is 7.98. The van der Waals surface area contributed by atoms with Crippen LogP contribution in [0.3, 0.4) is 0 Å². The number of nitrogens with zero attached hydrogens (tertiary/aromatic N) is 2. The first-order valence-electron chi connectivity index (χ1n) is 3.58. The van der Waals surface area contributed by atoms with Gasteiger partial charge in [-0.1, -0.05) is 0 Å². The van der Waals surface area contributed by atoms with E-state index in [-0.39, 0.29) is 0 Å². The first-order valence-corrected chi connectivity index (χ1v) is 4.97. The predicted octanol–water partition coefficient (Wildman–Crippen LogP) is 0.705. The first kappa shape index (κ1) is 8.62. The van der Waals surface area contributed by atoms with Crippen LogP contribution in [0.1, 0.15) is 5.69 Å². The molecule has 1 rings (SSSR count). The van der Waals surface area contributed by atoms with Crippen LogP contribution in [0.15, 0.2) is 12.3 Å². The van der Waals surface area contributed by atoms with E-state index >= 15 is 0 Å². The molecule has 2 N–H and O–H groups in total. The fraction of sp³-hybridized carbons (Fsp3) is 0.571. The van der Waals surface area contributed by atoms with E-state index in [1.807, 2.05) is 28.7 Å². The molecule has 62 valence electrons. The summed E-state index contributed by atoms with van der Waals surface area (Å²) in [5.41, 5.74) is 6.37. The maximum atomic E-state index is 5.41. The normalized spacial score (nSPS) is 10.4. The molecule has 0 unspecified atom stereocenters. The van der Waals surface area contributed by atoms with Crippen LogP contribution in [0.5, 0.6) is 0 Å². The van der Waals surface area contributed by atoms with Crippen molar-refractivity contribution in [1.82, 2.24) is 9.78 Å². The van der Waals surface area contributed by atoms with E-state index in [2.05, 4.69) is 11.4 Å². The minimum Gasteiger partial charge on any atom is -0.325 e. The van der Waals surface area contributed by atoms with Crippen LogP contribution in [-0.4, -0.2) is 21.8 Å². The lowest BCUT2D eigenvalue weighted by Crippen LogP contribution is -2.03. The summed E-state index contributed by atoms with van der Waals surface area (Å²) >= 11 is 1.82. The van der Waals surface area contributed by atoms with Crippen LogP contribution in [0.4, 0.5) is 0 Å². The Morgan fingerprint density at radius 2 is 2.55 bits per heavy atom. The van der Waals surface area contributed by atoms with Gasteiger partial charge in [0.25, 0.3) is 0 Å². The quantitative estimate of drug-likeness (QED) is 0.725. The predicted molar refractivity (Wildman–Crippen MR) is 48.5 cm³/mol. The molecule has 0 aliphatic rings. The molecule has 1 heterocycles. The van der Waals surface area contributed by atoms with Crippen molar-refractivity contribution >= 4 is 11.8 Å². The second-order valence-electron chi connectivity index (χ2n) is 2.27. The highest BCUT2D eigenvalue weighted by Crippen LogP contribution is 1.97. The number of hydrogen-bond donors (Lipinski definition) is 1. The topological polar surface area (TPSA) is 43.8 Å². The van der Waals surface area contributed by atoms with Crippen molar-refractivity contribution in [1.29, 1.82) is 0 Å². The van der Waals surface area contributed by atoms with Gasteiger partial charge in [0, 0.05) is 25.0 Å². The molecule has 0 radical (unpaired) electrons. The number of aromatic nitrogens is 2. The molecule has 0 spiro atoms. The van der Waals surface area contributed by atoms with E-state index < -0.39 is 0 Å². The molecule has 0 aromatic carbocycles. The van der Waals surface area contributed by atoms with E-state index in [9.17, 15) is 0 Å².